The first-order valence-electron chi connectivity index (χ1n) is 8.59. The van der Waals surface area contributed by atoms with Crippen molar-refractivity contribution in [1.29, 1.82) is 0 Å². The van der Waals surface area contributed by atoms with Crippen LogP contribution in [0.25, 0.3) is 0 Å². The van der Waals surface area contributed by atoms with Crippen LogP contribution in [0.4, 0.5) is 30.7 Å². The highest BCUT2D eigenvalue weighted by Gasteiger charge is 2.79. The smallest absolute Gasteiger partial charge is 0.289 e. The molecule has 0 aliphatic heterocycles. The Labute approximate surface area is 181 Å². The Balaban J connectivity index is 2.36. The predicted octanol–water partition coefficient (Wildman–Crippen LogP) is 5.53. The van der Waals surface area contributed by atoms with Crippen molar-refractivity contribution in [3.8, 4) is 0 Å². The standard InChI is InChI=1S/C19H17F7O4S2/c1-31(2,30-32(28,29)19(25,26)17(20,21)18(22,23)24)12-14-10-6-7-11-15(14)16(27)13-8-4-3-5-9-13/h3-11H,12H2,1-2H3. The predicted molar refractivity (Wildman–Crippen MR) is 105 cm³/mol. The summed E-state index contributed by atoms with van der Waals surface area (Å²) in [5.41, 5.74) is 0.466. The lowest BCUT2D eigenvalue weighted by Gasteiger charge is -2.34. The number of rotatable bonds is 8. The Morgan fingerprint density at radius 3 is 1.88 bits per heavy atom. The lowest BCUT2D eigenvalue weighted by molar-refractivity contribution is -0.333. The van der Waals surface area contributed by atoms with Crippen molar-refractivity contribution in [3.05, 3.63) is 71.3 Å². The summed E-state index contributed by atoms with van der Waals surface area (Å²) in [5, 5.41) is -6.57. The molecule has 0 amide bonds. The number of benzene rings is 2. The quantitative estimate of drug-likeness (QED) is 0.349. The Kier molecular flexibility index (Phi) is 7.08. The first kappa shape index (κ1) is 26.1. The van der Waals surface area contributed by atoms with Gasteiger partial charge < -0.3 is 0 Å². The Morgan fingerprint density at radius 2 is 1.34 bits per heavy atom. The van der Waals surface area contributed by atoms with Crippen LogP contribution in [-0.2, 0) is 19.5 Å². The normalized spacial score (nSPS) is 14.3. The number of ketones is 1. The zero-order valence-electron chi connectivity index (χ0n) is 16.5. The summed E-state index contributed by atoms with van der Waals surface area (Å²) in [6.45, 7) is 0. The number of halogens is 7. The minimum atomic E-state index is -6.88. The van der Waals surface area contributed by atoms with Gasteiger partial charge in [0, 0.05) is 16.9 Å². The van der Waals surface area contributed by atoms with Gasteiger partial charge in [-0.2, -0.15) is 39.2 Å². The van der Waals surface area contributed by atoms with Crippen LogP contribution in [0.15, 0.2) is 54.6 Å². The zero-order valence-corrected chi connectivity index (χ0v) is 18.1. The van der Waals surface area contributed by atoms with Crippen LogP contribution >= 0.6 is 10.3 Å². The van der Waals surface area contributed by atoms with Crippen molar-refractivity contribution in [2.75, 3.05) is 12.5 Å². The van der Waals surface area contributed by atoms with Gasteiger partial charge >= 0.3 is 27.5 Å². The second-order valence-corrected chi connectivity index (χ2v) is 12.2. The summed E-state index contributed by atoms with van der Waals surface area (Å²) in [6.07, 6.45) is -4.87. The molecule has 0 aromatic heterocycles. The van der Waals surface area contributed by atoms with E-state index in [1.54, 1.807) is 18.2 Å². The van der Waals surface area contributed by atoms with Gasteiger partial charge in [-0.15, -0.1) is 10.3 Å². The Morgan fingerprint density at radius 1 is 0.844 bits per heavy atom. The summed E-state index contributed by atoms with van der Waals surface area (Å²) in [4.78, 5) is 12.7. The van der Waals surface area contributed by atoms with E-state index >= 15 is 0 Å². The average molecular weight is 506 g/mol. The fourth-order valence-electron chi connectivity index (χ4n) is 2.62. The molecule has 2 aromatic rings. The molecule has 0 unspecified atom stereocenters. The Bertz CT molecular complexity index is 1080. The van der Waals surface area contributed by atoms with E-state index in [-0.39, 0.29) is 16.7 Å². The molecule has 0 bridgehead atoms. The lowest BCUT2D eigenvalue weighted by atomic mass is 9.99. The van der Waals surface area contributed by atoms with Crippen molar-refractivity contribution in [2.45, 2.75) is 23.1 Å². The van der Waals surface area contributed by atoms with Crippen LogP contribution in [0.1, 0.15) is 21.5 Å². The molecule has 0 saturated heterocycles. The summed E-state index contributed by atoms with van der Waals surface area (Å²) in [5.74, 6) is -7.86. The molecule has 0 heterocycles. The van der Waals surface area contributed by atoms with Gasteiger partial charge in [-0.05, 0) is 18.1 Å². The molecule has 0 N–H and O–H groups in total. The van der Waals surface area contributed by atoms with Crippen molar-refractivity contribution >= 4 is 26.2 Å². The van der Waals surface area contributed by atoms with E-state index in [0.717, 1.165) is 12.5 Å². The topological polar surface area (TPSA) is 60.4 Å². The molecule has 0 spiro atoms. The van der Waals surface area contributed by atoms with Gasteiger partial charge in [0.25, 0.3) is 0 Å². The van der Waals surface area contributed by atoms with Gasteiger partial charge in [-0.3, -0.25) is 4.79 Å². The maximum atomic E-state index is 13.7. The molecule has 2 rings (SSSR count). The lowest BCUT2D eigenvalue weighted by Crippen LogP contribution is -2.56. The molecule has 0 fully saturated rings. The first-order valence-corrected chi connectivity index (χ1v) is 12.5. The number of hydrogen-bond donors (Lipinski definition) is 0. The van der Waals surface area contributed by atoms with Crippen LogP contribution in [0.2, 0.25) is 0 Å². The molecule has 32 heavy (non-hydrogen) atoms. The maximum Gasteiger partial charge on any atom is 0.461 e. The zero-order chi connectivity index (χ0) is 24.6. The minimum Gasteiger partial charge on any atom is -0.289 e. The van der Waals surface area contributed by atoms with E-state index in [0.29, 0.717) is 0 Å². The summed E-state index contributed by atoms with van der Waals surface area (Å²) in [6, 6.07) is 13.5. The molecular weight excluding hydrogens is 489 g/mol. The highest BCUT2D eigenvalue weighted by Crippen LogP contribution is 2.55. The third-order valence-corrected chi connectivity index (χ3v) is 8.19. The SMILES string of the molecule is CS(C)(Cc1ccccc1C(=O)c1ccccc1)OS(=O)(=O)C(F)(F)C(F)(F)C(F)(F)F. The largest absolute Gasteiger partial charge is 0.461 e. The second-order valence-electron chi connectivity index (χ2n) is 7.04. The number of hydrogen-bond acceptors (Lipinski definition) is 4. The minimum absolute atomic E-state index is 0.0626. The fraction of sp³-hybridized carbons (Fsp3) is 0.316. The first-order chi connectivity index (χ1) is 14.4. The second kappa shape index (κ2) is 8.67. The van der Waals surface area contributed by atoms with Crippen LogP contribution in [0.3, 0.4) is 0 Å². The third-order valence-electron chi connectivity index (χ3n) is 4.11. The maximum absolute atomic E-state index is 13.7. The van der Waals surface area contributed by atoms with Crippen molar-refractivity contribution in [3.63, 3.8) is 0 Å². The fourth-order valence-corrected chi connectivity index (χ4v) is 6.52. The third kappa shape index (κ3) is 5.09. The number of alkyl halides is 7. The summed E-state index contributed by atoms with van der Waals surface area (Å²) >= 11 is 0. The van der Waals surface area contributed by atoms with Crippen molar-refractivity contribution in [2.24, 2.45) is 0 Å². The van der Waals surface area contributed by atoms with Gasteiger partial charge in [0.15, 0.2) is 5.78 Å². The van der Waals surface area contributed by atoms with Gasteiger partial charge in [0.2, 0.25) is 0 Å². The van der Waals surface area contributed by atoms with Gasteiger partial charge in [0.05, 0.1) is 0 Å². The van der Waals surface area contributed by atoms with E-state index in [1.165, 1.54) is 36.4 Å². The van der Waals surface area contributed by atoms with Gasteiger partial charge in [-0.25, -0.2) is 3.63 Å². The average Bonchev–Trinajstić information content (AvgIpc) is 2.66. The van der Waals surface area contributed by atoms with Crippen LogP contribution in [-0.4, -0.2) is 44.1 Å². The van der Waals surface area contributed by atoms with E-state index < -0.39 is 49.3 Å². The number of carbonyl (C=O) groups is 1. The molecule has 178 valence electrons. The van der Waals surface area contributed by atoms with Crippen LogP contribution in [0, 0.1) is 0 Å². The van der Waals surface area contributed by atoms with E-state index in [2.05, 4.69) is 3.63 Å². The number of carbonyl (C=O) groups excluding carboxylic acids is 1. The van der Waals surface area contributed by atoms with E-state index in [9.17, 15) is 43.9 Å². The molecule has 0 atom stereocenters. The molecule has 13 heteroatoms. The molecule has 4 nitrogen and oxygen atoms in total. The molecule has 0 aliphatic rings. The van der Waals surface area contributed by atoms with Crippen LogP contribution < -0.4 is 0 Å². The highest BCUT2D eigenvalue weighted by atomic mass is 32.3. The Hall–Kier alpha value is -2.12. The van der Waals surface area contributed by atoms with E-state index in [1.807, 2.05) is 0 Å². The van der Waals surface area contributed by atoms with E-state index in [4.69, 9.17) is 0 Å². The summed E-state index contributed by atoms with van der Waals surface area (Å²) in [7, 11) is -9.96. The van der Waals surface area contributed by atoms with Crippen LogP contribution in [0.5, 0.6) is 0 Å². The van der Waals surface area contributed by atoms with Crippen molar-refractivity contribution < 1.29 is 47.6 Å². The molecule has 2 aromatic carbocycles. The molecule has 0 aliphatic carbocycles. The highest BCUT2D eigenvalue weighted by molar-refractivity contribution is 8.31. The van der Waals surface area contributed by atoms with Gasteiger partial charge in [-0.1, -0.05) is 54.6 Å². The molecular formula is C19H17F7O4S2. The van der Waals surface area contributed by atoms with Gasteiger partial charge in [0.1, 0.15) is 0 Å². The van der Waals surface area contributed by atoms with Crippen molar-refractivity contribution in [1.82, 2.24) is 0 Å². The molecule has 0 radical (unpaired) electrons. The summed E-state index contributed by atoms with van der Waals surface area (Å²) < 4.78 is 119. The monoisotopic (exact) mass is 506 g/mol. The molecule has 0 saturated carbocycles.